The molecule has 0 aromatic heterocycles. The van der Waals surface area contributed by atoms with Crippen LogP contribution >= 0.6 is 0 Å². The normalized spacial score (nSPS) is 30.6. The van der Waals surface area contributed by atoms with Crippen molar-refractivity contribution in [1.82, 2.24) is 5.32 Å². The molecular formula is C8H13NO. The quantitative estimate of drug-likeness (QED) is 0.541. The second-order valence-corrected chi connectivity index (χ2v) is 2.90. The summed E-state index contributed by atoms with van der Waals surface area (Å²) in [7, 11) is 0. The third-order valence-electron chi connectivity index (χ3n) is 1.69. The Bertz CT molecular complexity index is 163. The predicted octanol–water partition coefficient (Wildman–Crippen LogP) is 1.09. The molecule has 1 rings (SSSR count). The highest BCUT2D eigenvalue weighted by molar-refractivity contribution is 5.73. The summed E-state index contributed by atoms with van der Waals surface area (Å²) in [6, 6.07) is 0.285. The summed E-state index contributed by atoms with van der Waals surface area (Å²) in [5.74, 6) is 0.681. The Morgan fingerprint density at radius 1 is 1.60 bits per heavy atom. The number of rotatable bonds is 1. The molecule has 0 spiro atoms. The van der Waals surface area contributed by atoms with Gasteiger partial charge in [-0.25, -0.2) is 0 Å². The zero-order valence-electron chi connectivity index (χ0n) is 6.42. The largest absolute Gasteiger partial charge is 0.350 e. The van der Waals surface area contributed by atoms with E-state index in [9.17, 15) is 4.79 Å². The number of nitrogens with one attached hydrogen (secondary N) is 1. The van der Waals surface area contributed by atoms with Crippen LogP contribution in [0.5, 0.6) is 0 Å². The first-order valence-corrected chi connectivity index (χ1v) is 3.64. The lowest BCUT2D eigenvalue weighted by atomic mass is 10.1. The van der Waals surface area contributed by atoms with Gasteiger partial charge < -0.3 is 5.32 Å². The van der Waals surface area contributed by atoms with E-state index in [2.05, 4.69) is 24.4 Å². The first-order chi connectivity index (χ1) is 4.68. The Balaban J connectivity index is 2.33. The summed E-state index contributed by atoms with van der Waals surface area (Å²) in [6.45, 7) is 3.70. The van der Waals surface area contributed by atoms with Crippen LogP contribution in [0.2, 0.25) is 0 Å². The Kier molecular flexibility index (Phi) is 2.10. The molecule has 0 heterocycles. The predicted molar refractivity (Wildman–Crippen MR) is 40.5 cm³/mol. The molecule has 1 aliphatic carbocycles. The number of carbonyl (C=O) groups excluding carboxylic acids is 1. The van der Waals surface area contributed by atoms with Gasteiger partial charge in [0, 0.05) is 13.0 Å². The van der Waals surface area contributed by atoms with Crippen LogP contribution in [-0.2, 0) is 4.79 Å². The van der Waals surface area contributed by atoms with Crippen molar-refractivity contribution in [2.75, 3.05) is 0 Å². The summed E-state index contributed by atoms with van der Waals surface area (Å²) >= 11 is 0. The van der Waals surface area contributed by atoms with Gasteiger partial charge in [-0.15, -0.1) is 0 Å². The molecule has 0 aromatic rings. The number of carbonyl (C=O) groups is 1. The molecular weight excluding hydrogens is 126 g/mol. The molecule has 10 heavy (non-hydrogen) atoms. The van der Waals surface area contributed by atoms with Gasteiger partial charge in [-0.05, 0) is 12.3 Å². The highest BCUT2D eigenvalue weighted by Gasteiger charge is 2.14. The second-order valence-electron chi connectivity index (χ2n) is 2.90. The van der Waals surface area contributed by atoms with Gasteiger partial charge >= 0.3 is 0 Å². The Morgan fingerprint density at radius 3 is 2.70 bits per heavy atom. The van der Waals surface area contributed by atoms with Crippen molar-refractivity contribution in [3.8, 4) is 0 Å². The molecule has 56 valence electrons. The molecule has 0 aliphatic heterocycles. The van der Waals surface area contributed by atoms with Crippen molar-refractivity contribution < 1.29 is 4.79 Å². The van der Waals surface area contributed by atoms with Crippen molar-refractivity contribution in [1.29, 1.82) is 0 Å². The van der Waals surface area contributed by atoms with Crippen LogP contribution in [-0.4, -0.2) is 11.9 Å². The number of hydrogen-bond donors (Lipinski definition) is 1. The zero-order valence-corrected chi connectivity index (χ0v) is 6.42. The average Bonchev–Trinajstić information content (AvgIpc) is 2.13. The molecule has 2 nitrogen and oxygen atoms in total. The van der Waals surface area contributed by atoms with Crippen molar-refractivity contribution in [2.24, 2.45) is 5.92 Å². The first kappa shape index (κ1) is 7.32. The lowest BCUT2D eigenvalue weighted by molar-refractivity contribution is -0.119. The summed E-state index contributed by atoms with van der Waals surface area (Å²) in [5, 5.41) is 2.85. The number of hydrogen-bond acceptors (Lipinski definition) is 1. The minimum atomic E-state index is 0.0590. The van der Waals surface area contributed by atoms with E-state index in [4.69, 9.17) is 0 Å². The molecule has 0 fully saturated rings. The molecule has 0 saturated carbocycles. The van der Waals surface area contributed by atoms with Gasteiger partial charge in [0.1, 0.15) is 0 Å². The van der Waals surface area contributed by atoms with E-state index < -0.39 is 0 Å². The van der Waals surface area contributed by atoms with E-state index in [1.807, 2.05) is 0 Å². The topological polar surface area (TPSA) is 29.1 Å². The Labute approximate surface area is 61.3 Å². The van der Waals surface area contributed by atoms with E-state index in [1.54, 1.807) is 6.92 Å². The molecule has 0 saturated heterocycles. The first-order valence-electron chi connectivity index (χ1n) is 3.64. The van der Waals surface area contributed by atoms with E-state index in [1.165, 1.54) is 0 Å². The molecule has 1 aliphatic rings. The van der Waals surface area contributed by atoms with Gasteiger partial charge in [0.15, 0.2) is 0 Å². The average molecular weight is 139 g/mol. The van der Waals surface area contributed by atoms with E-state index in [-0.39, 0.29) is 11.9 Å². The molecule has 0 bridgehead atoms. The van der Waals surface area contributed by atoms with Crippen LogP contribution < -0.4 is 5.32 Å². The SMILES string of the molecule is CC(=O)N[C@H]1C=C[C@@H](C)C1. The lowest BCUT2D eigenvalue weighted by Crippen LogP contribution is -2.30. The van der Waals surface area contributed by atoms with Gasteiger partial charge in [0.25, 0.3) is 0 Å². The zero-order chi connectivity index (χ0) is 7.56. The third kappa shape index (κ3) is 1.87. The fourth-order valence-corrected chi connectivity index (χ4v) is 1.25. The number of allylic oxidation sites excluding steroid dienone is 1. The number of amides is 1. The molecule has 0 unspecified atom stereocenters. The van der Waals surface area contributed by atoms with Crippen molar-refractivity contribution in [3.63, 3.8) is 0 Å². The minimum Gasteiger partial charge on any atom is -0.350 e. The maximum atomic E-state index is 10.6. The maximum Gasteiger partial charge on any atom is 0.217 e. The van der Waals surface area contributed by atoms with Gasteiger partial charge in [0.2, 0.25) is 5.91 Å². The molecule has 1 N–H and O–H groups in total. The summed E-state index contributed by atoms with van der Waals surface area (Å²) < 4.78 is 0. The van der Waals surface area contributed by atoms with Crippen molar-refractivity contribution in [2.45, 2.75) is 26.3 Å². The smallest absolute Gasteiger partial charge is 0.217 e. The highest BCUT2D eigenvalue weighted by atomic mass is 16.1. The molecule has 0 radical (unpaired) electrons. The van der Waals surface area contributed by atoms with Crippen LogP contribution in [0.1, 0.15) is 20.3 Å². The standard InChI is InChI=1S/C8H13NO/c1-6-3-4-8(5-6)9-7(2)10/h3-4,6,8H,5H2,1-2H3,(H,9,10)/t6-,8+/m1/s1. The van der Waals surface area contributed by atoms with Crippen LogP contribution in [0.3, 0.4) is 0 Å². The van der Waals surface area contributed by atoms with Crippen molar-refractivity contribution >= 4 is 5.91 Å². The maximum absolute atomic E-state index is 10.6. The summed E-state index contributed by atoms with van der Waals surface area (Å²) in [5.41, 5.74) is 0. The summed E-state index contributed by atoms with van der Waals surface area (Å²) in [6.07, 6.45) is 5.26. The monoisotopic (exact) mass is 139 g/mol. The van der Waals surface area contributed by atoms with Crippen molar-refractivity contribution in [3.05, 3.63) is 12.2 Å². The third-order valence-corrected chi connectivity index (χ3v) is 1.69. The minimum absolute atomic E-state index is 0.0590. The molecule has 0 aromatic carbocycles. The van der Waals surface area contributed by atoms with Crippen LogP contribution in [0, 0.1) is 5.92 Å². The van der Waals surface area contributed by atoms with Gasteiger partial charge in [0.05, 0.1) is 0 Å². The van der Waals surface area contributed by atoms with Crippen LogP contribution in [0.15, 0.2) is 12.2 Å². The van der Waals surface area contributed by atoms with E-state index >= 15 is 0 Å². The Morgan fingerprint density at radius 2 is 2.30 bits per heavy atom. The summed E-state index contributed by atoms with van der Waals surface area (Å²) in [4.78, 5) is 10.6. The lowest BCUT2D eigenvalue weighted by Gasteiger charge is -2.08. The molecule has 2 atom stereocenters. The fourth-order valence-electron chi connectivity index (χ4n) is 1.25. The fraction of sp³-hybridized carbons (Fsp3) is 0.625. The van der Waals surface area contributed by atoms with Crippen LogP contribution in [0.4, 0.5) is 0 Å². The van der Waals surface area contributed by atoms with Gasteiger partial charge in [-0.3, -0.25) is 4.79 Å². The Hall–Kier alpha value is -0.790. The van der Waals surface area contributed by atoms with Gasteiger partial charge in [-0.1, -0.05) is 19.1 Å². The van der Waals surface area contributed by atoms with Gasteiger partial charge in [-0.2, -0.15) is 0 Å². The van der Waals surface area contributed by atoms with E-state index in [0.29, 0.717) is 5.92 Å². The van der Waals surface area contributed by atoms with E-state index in [0.717, 1.165) is 6.42 Å². The molecule has 1 amide bonds. The van der Waals surface area contributed by atoms with Crippen LogP contribution in [0.25, 0.3) is 0 Å². The second kappa shape index (κ2) is 2.86. The highest BCUT2D eigenvalue weighted by Crippen LogP contribution is 2.16. The molecule has 2 heteroatoms.